The smallest absolute Gasteiger partial charge is 0.227 e. The Morgan fingerprint density at radius 3 is 3.08 bits per heavy atom. The summed E-state index contributed by atoms with van der Waals surface area (Å²) in [6, 6.07) is 1.96. The molecule has 0 saturated carbocycles. The van der Waals surface area contributed by atoms with Gasteiger partial charge in [-0.3, -0.25) is 4.79 Å². The number of anilines is 1. The van der Waals surface area contributed by atoms with Crippen LogP contribution in [0.15, 0.2) is 16.9 Å². The Balaban J connectivity index is 2.57. The van der Waals surface area contributed by atoms with Gasteiger partial charge in [-0.15, -0.1) is 0 Å². The molecule has 1 aliphatic rings. The van der Waals surface area contributed by atoms with Gasteiger partial charge in [-0.05, 0) is 34.0 Å². The molecule has 0 saturated heterocycles. The van der Waals surface area contributed by atoms with Crippen molar-refractivity contribution >= 4 is 27.5 Å². The van der Waals surface area contributed by atoms with E-state index in [0.717, 1.165) is 16.7 Å². The fraction of sp³-hybridized carbons (Fsp3) is 0.333. The second-order valence-electron chi connectivity index (χ2n) is 3.06. The topological polar surface area (TPSA) is 33.2 Å². The summed E-state index contributed by atoms with van der Waals surface area (Å²) in [6.45, 7) is 0. The number of carbonyl (C=O) groups excluding carboxylic acids is 1. The summed E-state index contributed by atoms with van der Waals surface area (Å²) in [5, 5.41) is 0. The van der Waals surface area contributed by atoms with Crippen molar-refractivity contribution in [1.82, 2.24) is 4.98 Å². The molecule has 0 radical (unpaired) electrons. The third-order valence-electron chi connectivity index (χ3n) is 2.28. The Bertz CT molecular complexity index is 365. The zero-order chi connectivity index (χ0) is 9.42. The molecule has 3 nitrogen and oxygen atoms in total. The highest BCUT2D eigenvalue weighted by Gasteiger charge is 2.22. The van der Waals surface area contributed by atoms with Gasteiger partial charge in [0.15, 0.2) is 0 Å². The normalized spacial score (nSPS) is 15.8. The van der Waals surface area contributed by atoms with Gasteiger partial charge in [0.1, 0.15) is 4.60 Å². The molecule has 1 aromatic rings. The average molecular weight is 241 g/mol. The fourth-order valence-electron chi connectivity index (χ4n) is 1.55. The van der Waals surface area contributed by atoms with Crippen molar-refractivity contribution in [3.8, 4) is 0 Å². The molecule has 0 aromatic carbocycles. The van der Waals surface area contributed by atoms with Crippen LogP contribution in [0.25, 0.3) is 0 Å². The van der Waals surface area contributed by atoms with E-state index >= 15 is 0 Å². The number of rotatable bonds is 0. The average Bonchev–Trinajstić information content (AvgIpc) is 2.12. The first-order valence-electron chi connectivity index (χ1n) is 4.10. The van der Waals surface area contributed by atoms with Gasteiger partial charge in [0.25, 0.3) is 0 Å². The van der Waals surface area contributed by atoms with Gasteiger partial charge < -0.3 is 4.90 Å². The molecule has 68 valence electrons. The molecule has 1 amide bonds. The van der Waals surface area contributed by atoms with E-state index in [0.29, 0.717) is 6.42 Å². The summed E-state index contributed by atoms with van der Waals surface area (Å²) < 4.78 is 0.751. The molecule has 2 rings (SSSR count). The number of carbonyl (C=O) groups is 1. The summed E-state index contributed by atoms with van der Waals surface area (Å²) in [7, 11) is 1.78. The summed E-state index contributed by atoms with van der Waals surface area (Å²) in [6.07, 6.45) is 3.17. The van der Waals surface area contributed by atoms with E-state index in [1.807, 2.05) is 6.07 Å². The fourth-order valence-corrected chi connectivity index (χ4v) is 2.19. The zero-order valence-electron chi connectivity index (χ0n) is 7.25. The number of hydrogen-bond acceptors (Lipinski definition) is 2. The van der Waals surface area contributed by atoms with Crippen LogP contribution in [-0.2, 0) is 11.2 Å². The van der Waals surface area contributed by atoms with E-state index in [1.165, 1.54) is 5.56 Å². The van der Waals surface area contributed by atoms with Gasteiger partial charge in [-0.25, -0.2) is 4.98 Å². The molecule has 13 heavy (non-hydrogen) atoms. The Hall–Kier alpha value is -0.900. The Morgan fingerprint density at radius 2 is 2.31 bits per heavy atom. The lowest BCUT2D eigenvalue weighted by Gasteiger charge is -2.25. The quantitative estimate of drug-likeness (QED) is 0.648. The Kier molecular flexibility index (Phi) is 2.07. The predicted octanol–water partition coefficient (Wildman–Crippen LogP) is 1.75. The van der Waals surface area contributed by atoms with E-state index in [1.54, 1.807) is 18.1 Å². The van der Waals surface area contributed by atoms with Gasteiger partial charge in [0, 0.05) is 19.7 Å². The van der Waals surface area contributed by atoms with Crippen molar-refractivity contribution in [2.45, 2.75) is 12.8 Å². The molecule has 0 spiro atoms. The maximum Gasteiger partial charge on any atom is 0.227 e. The summed E-state index contributed by atoms with van der Waals surface area (Å²) in [5.41, 5.74) is 2.10. The molecule has 0 fully saturated rings. The second-order valence-corrected chi connectivity index (χ2v) is 3.81. The van der Waals surface area contributed by atoms with E-state index < -0.39 is 0 Å². The number of pyridine rings is 1. The number of amides is 1. The van der Waals surface area contributed by atoms with Crippen LogP contribution in [0.5, 0.6) is 0 Å². The van der Waals surface area contributed by atoms with Crippen molar-refractivity contribution < 1.29 is 4.79 Å². The second kappa shape index (κ2) is 3.10. The van der Waals surface area contributed by atoms with Crippen LogP contribution < -0.4 is 4.90 Å². The molecule has 0 unspecified atom stereocenters. The van der Waals surface area contributed by atoms with E-state index in [4.69, 9.17) is 0 Å². The molecule has 0 atom stereocenters. The van der Waals surface area contributed by atoms with Crippen LogP contribution in [0.4, 0.5) is 5.69 Å². The molecule has 2 heterocycles. The van der Waals surface area contributed by atoms with Gasteiger partial charge in [0.05, 0.1) is 5.69 Å². The molecule has 0 N–H and O–H groups in total. The number of nitrogens with zero attached hydrogens (tertiary/aromatic N) is 2. The molecular weight excluding hydrogens is 232 g/mol. The largest absolute Gasteiger partial charge is 0.313 e. The molecule has 1 aliphatic heterocycles. The van der Waals surface area contributed by atoms with Crippen molar-refractivity contribution in [2.75, 3.05) is 11.9 Å². The Morgan fingerprint density at radius 1 is 1.54 bits per heavy atom. The van der Waals surface area contributed by atoms with Crippen LogP contribution in [0, 0.1) is 0 Å². The van der Waals surface area contributed by atoms with Gasteiger partial charge in [0.2, 0.25) is 5.91 Å². The highest BCUT2D eigenvalue weighted by Crippen LogP contribution is 2.31. The SMILES string of the molecule is CN1C(=O)CCc2ccnc(Br)c21. The maximum atomic E-state index is 11.4. The lowest BCUT2D eigenvalue weighted by molar-refractivity contribution is -0.118. The van der Waals surface area contributed by atoms with Crippen LogP contribution >= 0.6 is 15.9 Å². The maximum absolute atomic E-state index is 11.4. The molecule has 1 aromatic heterocycles. The highest BCUT2D eigenvalue weighted by atomic mass is 79.9. The van der Waals surface area contributed by atoms with Gasteiger partial charge >= 0.3 is 0 Å². The Labute approximate surface area is 84.9 Å². The van der Waals surface area contributed by atoms with Gasteiger partial charge in [-0.1, -0.05) is 0 Å². The first kappa shape index (κ1) is 8.69. The number of halogens is 1. The minimum atomic E-state index is 0.154. The first-order valence-corrected chi connectivity index (χ1v) is 4.89. The van der Waals surface area contributed by atoms with Crippen LogP contribution in [0.1, 0.15) is 12.0 Å². The third-order valence-corrected chi connectivity index (χ3v) is 2.86. The summed E-state index contributed by atoms with van der Waals surface area (Å²) in [5.74, 6) is 0.154. The number of hydrogen-bond donors (Lipinski definition) is 0. The van der Waals surface area contributed by atoms with Crippen molar-refractivity contribution in [3.05, 3.63) is 22.4 Å². The summed E-state index contributed by atoms with van der Waals surface area (Å²) in [4.78, 5) is 17.1. The number of aromatic nitrogens is 1. The van der Waals surface area contributed by atoms with Crippen molar-refractivity contribution in [2.24, 2.45) is 0 Å². The first-order chi connectivity index (χ1) is 6.20. The van der Waals surface area contributed by atoms with Crippen molar-refractivity contribution in [1.29, 1.82) is 0 Å². The van der Waals surface area contributed by atoms with Crippen LogP contribution in [-0.4, -0.2) is 17.9 Å². The van der Waals surface area contributed by atoms with E-state index in [2.05, 4.69) is 20.9 Å². The van der Waals surface area contributed by atoms with Crippen LogP contribution in [0.3, 0.4) is 0 Å². The molecule has 4 heteroatoms. The minimum Gasteiger partial charge on any atom is -0.313 e. The monoisotopic (exact) mass is 240 g/mol. The number of aryl methyl sites for hydroxylation is 1. The predicted molar refractivity (Wildman–Crippen MR) is 53.7 cm³/mol. The lowest BCUT2D eigenvalue weighted by Crippen LogP contribution is -2.31. The van der Waals surface area contributed by atoms with E-state index in [9.17, 15) is 4.79 Å². The van der Waals surface area contributed by atoms with Gasteiger partial charge in [-0.2, -0.15) is 0 Å². The molecule has 0 bridgehead atoms. The highest BCUT2D eigenvalue weighted by molar-refractivity contribution is 9.10. The minimum absolute atomic E-state index is 0.154. The lowest BCUT2D eigenvalue weighted by atomic mass is 10.0. The summed E-state index contributed by atoms with van der Waals surface area (Å²) >= 11 is 3.34. The third kappa shape index (κ3) is 1.35. The molecule has 0 aliphatic carbocycles. The van der Waals surface area contributed by atoms with Crippen LogP contribution in [0.2, 0.25) is 0 Å². The standard InChI is InChI=1S/C9H9BrN2O/c1-12-7(13)3-2-6-4-5-11-9(10)8(6)12/h4-5H,2-3H2,1H3. The number of fused-ring (bicyclic) bond motifs is 1. The zero-order valence-corrected chi connectivity index (χ0v) is 8.84. The van der Waals surface area contributed by atoms with Crippen molar-refractivity contribution in [3.63, 3.8) is 0 Å². The van der Waals surface area contributed by atoms with E-state index in [-0.39, 0.29) is 5.91 Å². The molecular formula is C9H9BrN2O.